The molecule has 0 aromatic heterocycles. The Morgan fingerprint density at radius 2 is 1.90 bits per heavy atom. The topological polar surface area (TPSA) is 50.1 Å². The van der Waals surface area contributed by atoms with Crippen LogP contribution in [0.2, 0.25) is 5.02 Å². The molecule has 4 heteroatoms. The summed E-state index contributed by atoms with van der Waals surface area (Å²) < 4.78 is 5.82. The maximum absolute atomic E-state index is 11.1. The zero-order valence-electron chi connectivity index (χ0n) is 11.1. The van der Waals surface area contributed by atoms with E-state index in [4.69, 9.17) is 21.6 Å². The number of hydrogen-bond donors (Lipinski definition) is 0. The van der Waals surface area contributed by atoms with Gasteiger partial charge in [-0.05, 0) is 49.2 Å². The molecular weight excluding hydrogens is 274 g/mol. The number of hydrogen-bond acceptors (Lipinski definition) is 3. The van der Waals surface area contributed by atoms with Crippen molar-refractivity contribution in [2.75, 3.05) is 0 Å². The van der Waals surface area contributed by atoms with Crippen LogP contribution in [0.1, 0.15) is 27.0 Å². The Morgan fingerprint density at radius 3 is 2.45 bits per heavy atom. The van der Waals surface area contributed by atoms with Gasteiger partial charge in [-0.3, -0.25) is 4.79 Å². The molecule has 3 nitrogen and oxygen atoms in total. The Labute approximate surface area is 122 Å². The first-order valence-electron chi connectivity index (χ1n) is 5.99. The van der Waals surface area contributed by atoms with Crippen LogP contribution in [0, 0.1) is 25.2 Å². The van der Waals surface area contributed by atoms with E-state index in [-0.39, 0.29) is 0 Å². The van der Waals surface area contributed by atoms with E-state index in [9.17, 15) is 4.79 Å². The zero-order chi connectivity index (χ0) is 14.7. The lowest BCUT2D eigenvalue weighted by molar-refractivity contribution is 0.112. The molecule has 20 heavy (non-hydrogen) atoms. The number of carbonyl (C=O) groups is 1. The summed E-state index contributed by atoms with van der Waals surface area (Å²) in [5.74, 6) is 1.04. The van der Waals surface area contributed by atoms with Gasteiger partial charge in [-0.1, -0.05) is 17.7 Å². The Kier molecular flexibility index (Phi) is 4.07. The van der Waals surface area contributed by atoms with Crippen molar-refractivity contribution in [1.29, 1.82) is 5.26 Å². The minimum absolute atomic E-state index is 0.317. The van der Waals surface area contributed by atoms with Gasteiger partial charge in [0, 0.05) is 0 Å². The third-order valence-electron chi connectivity index (χ3n) is 2.93. The van der Waals surface area contributed by atoms with Crippen LogP contribution in [-0.4, -0.2) is 6.29 Å². The van der Waals surface area contributed by atoms with Gasteiger partial charge in [0.1, 0.15) is 11.5 Å². The molecule has 100 valence electrons. The lowest BCUT2D eigenvalue weighted by Gasteiger charge is -2.14. The highest BCUT2D eigenvalue weighted by atomic mass is 35.5. The normalized spacial score (nSPS) is 9.90. The molecule has 0 amide bonds. The number of benzene rings is 2. The average molecular weight is 286 g/mol. The van der Waals surface area contributed by atoms with Crippen LogP contribution in [0.5, 0.6) is 11.5 Å². The summed E-state index contributed by atoms with van der Waals surface area (Å²) in [5.41, 5.74) is 2.56. The van der Waals surface area contributed by atoms with Crippen LogP contribution in [0.15, 0.2) is 30.3 Å². The number of aldehydes is 1. The van der Waals surface area contributed by atoms with E-state index in [1.54, 1.807) is 30.3 Å². The van der Waals surface area contributed by atoms with E-state index in [2.05, 4.69) is 6.07 Å². The molecule has 0 spiro atoms. The lowest BCUT2D eigenvalue weighted by atomic mass is 10.1. The highest BCUT2D eigenvalue weighted by Gasteiger charge is 2.12. The minimum atomic E-state index is 0.317. The van der Waals surface area contributed by atoms with Gasteiger partial charge in [0.2, 0.25) is 0 Å². The highest BCUT2D eigenvalue weighted by molar-refractivity contribution is 6.33. The second-order valence-electron chi connectivity index (χ2n) is 4.42. The lowest BCUT2D eigenvalue weighted by Crippen LogP contribution is -1.96. The monoisotopic (exact) mass is 285 g/mol. The van der Waals surface area contributed by atoms with Crippen molar-refractivity contribution in [3.8, 4) is 17.6 Å². The Hall–Kier alpha value is -2.31. The molecule has 0 aliphatic rings. The van der Waals surface area contributed by atoms with Crippen molar-refractivity contribution in [3.63, 3.8) is 0 Å². The molecule has 0 atom stereocenters. The minimum Gasteiger partial charge on any atom is -0.456 e. The first-order chi connectivity index (χ1) is 9.56. The molecule has 0 saturated heterocycles. The quantitative estimate of drug-likeness (QED) is 0.784. The molecule has 2 rings (SSSR count). The molecule has 0 unspecified atom stereocenters. The second kappa shape index (κ2) is 5.77. The molecule has 0 aliphatic heterocycles. The smallest absolute Gasteiger partial charge is 0.155 e. The summed E-state index contributed by atoms with van der Waals surface area (Å²) in [4.78, 5) is 11.1. The number of nitrogens with zero attached hydrogens (tertiary/aromatic N) is 1. The van der Waals surface area contributed by atoms with Gasteiger partial charge in [-0.2, -0.15) is 5.26 Å². The standard InChI is InChI=1S/C16H12ClNO2/c1-10-6-12(8-18)7-11(2)16(10)20-15-5-3-4-14(17)13(15)9-19/h3-7,9H,1-2H3. The zero-order valence-corrected chi connectivity index (χ0v) is 11.9. The SMILES string of the molecule is Cc1cc(C#N)cc(C)c1Oc1cccc(Cl)c1C=O. The van der Waals surface area contributed by atoms with Crippen LogP contribution >= 0.6 is 11.6 Å². The maximum atomic E-state index is 11.1. The van der Waals surface area contributed by atoms with Gasteiger partial charge in [-0.25, -0.2) is 0 Å². The van der Waals surface area contributed by atoms with Crippen LogP contribution < -0.4 is 4.74 Å². The fraction of sp³-hybridized carbons (Fsp3) is 0.125. The van der Waals surface area contributed by atoms with E-state index in [0.717, 1.165) is 11.1 Å². The van der Waals surface area contributed by atoms with Gasteiger partial charge in [0.05, 0.1) is 22.2 Å². The van der Waals surface area contributed by atoms with E-state index in [1.807, 2.05) is 13.8 Å². The molecule has 0 radical (unpaired) electrons. The summed E-state index contributed by atoms with van der Waals surface area (Å²) in [6, 6.07) is 10.6. The van der Waals surface area contributed by atoms with E-state index in [0.29, 0.717) is 33.9 Å². The number of ether oxygens (including phenoxy) is 1. The molecular formula is C16H12ClNO2. The summed E-state index contributed by atoms with van der Waals surface area (Å²) in [5, 5.41) is 9.28. The number of nitriles is 1. The Balaban J connectivity index is 2.49. The number of rotatable bonds is 3. The number of carbonyl (C=O) groups excluding carboxylic acids is 1. The fourth-order valence-electron chi connectivity index (χ4n) is 2.01. The summed E-state index contributed by atoms with van der Waals surface area (Å²) in [7, 11) is 0. The van der Waals surface area contributed by atoms with E-state index < -0.39 is 0 Å². The predicted octanol–water partition coefficient (Wildman–Crippen LogP) is 4.43. The molecule has 0 fully saturated rings. The molecule has 0 aliphatic carbocycles. The molecule has 2 aromatic rings. The van der Waals surface area contributed by atoms with Crippen molar-refractivity contribution in [1.82, 2.24) is 0 Å². The summed E-state index contributed by atoms with van der Waals surface area (Å²) in [6.45, 7) is 3.71. The van der Waals surface area contributed by atoms with Gasteiger partial charge in [0.25, 0.3) is 0 Å². The van der Waals surface area contributed by atoms with Crippen LogP contribution in [0.25, 0.3) is 0 Å². The number of aryl methyl sites for hydroxylation is 2. The van der Waals surface area contributed by atoms with Crippen molar-refractivity contribution in [2.24, 2.45) is 0 Å². The van der Waals surface area contributed by atoms with Gasteiger partial charge < -0.3 is 4.74 Å². The second-order valence-corrected chi connectivity index (χ2v) is 4.83. The molecule has 2 aromatic carbocycles. The first kappa shape index (κ1) is 14.1. The van der Waals surface area contributed by atoms with Crippen molar-refractivity contribution in [2.45, 2.75) is 13.8 Å². The van der Waals surface area contributed by atoms with Crippen molar-refractivity contribution in [3.05, 3.63) is 57.6 Å². The third kappa shape index (κ3) is 2.66. The van der Waals surface area contributed by atoms with Gasteiger partial charge in [0.15, 0.2) is 6.29 Å². The highest BCUT2D eigenvalue weighted by Crippen LogP contribution is 2.33. The Morgan fingerprint density at radius 1 is 1.25 bits per heavy atom. The fourth-order valence-corrected chi connectivity index (χ4v) is 2.22. The average Bonchev–Trinajstić information content (AvgIpc) is 2.42. The van der Waals surface area contributed by atoms with Gasteiger partial charge >= 0.3 is 0 Å². The van der Waals surface area contributed by atoms with Gasteiger partial charge in [-0.15, -0.1) is 0 Å². The van der Waals surface area contributed by atoms with Crippen molar-refractivity contribution < 1.29 is 9.53 Å². The van der Waals surface area contributed by atoms with Crippen molar-refractivity contribution >= 4 is 17.9 Å². The molecule has 0 bridgehead atoms. The van der Waals surface area contributed by atoms with Crippen LogP contribution in [0.4, 0.5) is 0 Å². The number of halogens is 1. The molecule has 0 saturated carbocycles. The largest absolute Gasteiger partial charge is 0.456 e. The van der Waals surface area contributed by atoms with E-state index in [1.165, 1.54) is 0 Å². The maximum Gasteiger partial charge on any atom is 0.155 e. The summed E-state index contributed by atoms with van der Waals surface area (Å²) >= 11 is 5.97. The van der Waals surface area contributed by atoms with Crippen LogP contribution in [0.3, 0.4) is 0 Å². The van der Waals surface area contributed by atoms with E-state index >= 15 is 0 Å². The van der Waals surface area contributed by atoms with Crippen LogP contribution in [-0.2, 0) is 0 Å². The first-order valence-corrected chi connectivity index (χ1v) is 6.37. The molecule has 0 heterocycles. The Bertz CT molecular complexity index is 694. The predicted molar refractivity (Wildman–Crippen MR) is 77.5 cm³/mol. The third-order valence-corrected chi connectivity index (χ3v) is 3.26. The molecule has 0 N–H and O–H groups in total. The summed E-state index contributed by atoms with van der Waals surface area (Å²) in [6.07, 6.45) is 0.673.